The van der Waals surface area contributed by atoms with Crippen molar-refractivity contribution >= 4 is 0 Å². The summed E-state index contributed by atoms with van der Waals surface area (Å²) in [6.45, 7) is 2.26. The van der Waals surface area contributed by atoms with Gasteiger partial charge >= 0.3 is 0 Å². The van der Waals surface area contributed by atoms with Gasteiger partial charge in [-0.3, -0.25) is 0 Å². The molecule has 0 aliphatic heterocycles. The summed E-state index contributed by atoms with van der Waals surface area (Å²) in [5.74, 6) is 1.48. The summed E-state index contributed by atoms with van der Waals surface area (Å²) in [6.07, 6.45) is 6.73. The molecule has 0 bridgehead atoms. The highest BCUT2D eigenvalue weighted by atomic mass is 16.4. The standard InChI is InChI=1S/C12H18O2/c1-10-4-2-7-12(13,8-6-10)11-5-3-9-14-11/h3,5,9-10,13H,2,4,6-8H2,1H3. The maximum Gasteiger partial charge on any atom is 0.135 e. The van der Waals surface area contributed by atoms with E-state index < -0.39 is 5.60 Å². The number of rotatable bonds is 1. The molecule has 0 amide bonds. The summed E-state index contributed by atoms with van der Waals surface area (Å²) >= 11 is 0. The zero-order chi connectivity index (χ0) is 10.0. The van der Waals surface area contributed by atoms with E-state index in [1.807, 2.05) is 12.1 Å². The number of furan rings is 1. The second kappa shape index (κ2) is 3.77. The molecule has 1 aliphatic carbocycles. The summed E-state index contributed by atoms with van der Waals surface area (Å²) in [7, 11) is 0. The van der Waals surface area contributed by atoms with Gasteiger partial charge in [-0.15, -0.1) is 0 Å². The van der Waals surface area contributed by atoms with Crippen LogP contribution in [0, 0.1) is 5.92 Å². The highest BCUT2D eigenvalue weighted by Crippen LogP contribution is 2.37. The monoisotopic (exact) mass is 194 g/mol. The van der Waals surface area contributed by atoms with E-state index in [2.05, 4.69) is 6.92 Å². The summed E-state index contributed by atoms with van der Waals surface area (Å²) in [4.78, 5) is 0. The maximum absolute atomic E-state index is 10.4. The van der Waals surface area contributed by atoms with Gasteiger partial charge in [0.15, 0.2) is 0 Å². The minimum absolute atomic E-state index is 0.700. The second-order valence-corrected chi connectivity index (χ2v) is 4.54. The Kier molecular flexibility index (Phi) is 2.64. The quantitative estimate of drug-likeness (QED) is 0.697. The van der Waals surface area contributed by atoms with E-state index in [4.69, 9.17) is 4.42 Å². The molecule has 2 unspecified atom stereocenters. The molecule has 1 fully saturated rings. The van der Waals surface area contributed by atoms with E-state index in [1.165, 1.54) is 6.42 Å². The van der Waals surface area contributed by atoms with E-state index >= 15 is 0 Å². The van der Waals surface area contributed by atoms with Crippen LogP contribution < -0.4 is 0 Å². The van der Waals surface area contributed by atoms with Crippen LogP contribution in [-0.4, -0.2) is 5.11 Å². The number of hydrogen-bond acceptors (Lipinski definition) is 2. The van der Waals surface area contributed by atoms with Crippen molar-refractivity contribution in [1.82, 2.24) is 0 Å². The van der Waals surface area contributed by atoms with Crippen LogP contribution in [0.15, 0.2) is 22.8 Å². The fourth-order valence-corrected chi connectivity index (χ4v) is 2.29. The van der Waals surface area contributed by atoms with Crippen molar-refractivity contribution in [2.24, 2.45) is 5.92 Å². The van der Waals surface area contributed by atoms with E-state index in [1.54, 1.807) is 6.26 Å². The van der Waals surface area contributed by atoms with Crippen molar-refractivity contribution in [3.63, 3.8) is 0 Å². The van der Waals surface area contributed by atoms with Gasteiger partial charge in [0.2, 0.25) is 0 Å². The van der Waals surface area contributed by atoms with Gasteiger partial charge in [-0.2, -0.15) is 0 Å². The fourth-order valence-electron chi connectivity index (χ4n) is 2.29. The van der Waals surface area contributed by atoms with Gasteiger partial charge in [-0.25, -0.2) is 0 Å². The van der Waals surface area contributed by atoms with Gasteiger partial charge < -0.3 is 9.52 Å². The van der Waals surface area contributed by atoms with E-state index in [9.17, 15) is 5.11 Å². The molecule has 1 saturated carbocycles. The van der Waals surface area contributed by atoms with Crippen LogP contribution in [0.25, 0.3) is 0 Å². The molecule has 0 saturated heterocycles. The first-order valence-electron chi connectivity index (χ1n) is 5.47. The third kappa shape index (κ3) is 1.85. The zero-order valence-corrected chi connectivity index (χ0v) is 8.70. The molecule has 2 nitrogen and oxygen atoms in total. The average Bonchev–Trinajstić information content (AvgIpc) is 2.63. The Morgan fingerprint density at radius 2 is 2.29 bits per heavy atom. The molecule has 0 aromatic carbocycles. The van der Waals surface area contributed by atoms with Crippen LogP contribution in [0.5, 0.6) is 0 Å². The molecule has 2 rings (SSSR count). The SMILES string of the molecule is CC1CCCC(O)(c2ccco2)CC1. The van der Waals surface area contributed by atoms with Crippen LogP contribution in [0.3, 0.4) is 0 Å². The lowest BCUT2D eigenvalue weighted by Gasteiger charge is -2.23. The molecule has 1 N–H and O–H groups in total. The van der Waals surface area contributed by atoms with Gasteiger partial charge in [-0.05, 0) is 43.7 Å². The summed E-state index contributed by atoms with van der Waals surface area (Å²) in [5, 5.41) is 10.4. The minimum Gasteiger partial charge on any atom is -0.466 e. The van der Waals surface area contributed by atoms with Gasteiger partial charge in [-0.1, -0.05) is 13.3 Å². The first-order chi connectivity index (χ1) is 6.71. The summed E-state index contributed by atoms with van der Waals surface area (Å²) in [5.41, 5.74) is -0.700. The Hall–Kier alpha value is -0.760. The molecule has 1 aliphatic rings. The Bertz CT molecular complexity index is 279. The molecule has 1 aromatic heterocycles. The largest absolute Gasteiger partial charge is 0.466 e. The van der Waals surface area contributed by atoms with Crippen molar-refractivity contribution in [2.75, 3.05) is 0 Å². The van der Waals surface area contributed by atoms with Crippen molar-refractivity contribution < 1.29 is 9.52 Å². The molecule has 1 heterocycles. The predicted molar refractivity (Wildman–Crippen MR) is 54.9 cm³/mol. The Labute approximate surface area is 84.9 Å². The van der Waals surface area contributed by atoms with Crippen LogP contribution in [0.2, 0.25) is 0 Å². The van der Waals surface area contributed by atoms with Crippen molar-refractivity contribution in [3.8, 4) is 0 Å². The lowest BCUT2D eigenvalue weighted by Crippen LogP contribution is -2.23. The minimum atomic E-state index is -0.700. The average molecular weight is 194 g/mol. The Morgan fingerprint density at radius 1 is 1.43 bits per heavy atom. The van der Waals surface area contributed by atoms with E-state index in [-0.39, 0.29) is 0 Å². The number of hydrogen-bond donors (Lipinski definition) is 1. The number of aliphatic hydroxyl groups is 1. The molecule has 78 valence electrons. The molecule has 1 aromatic rings. The second-order valence-electron chi connectivity index (χ2n) is 4.54. The van der Waals surface area contributed by atoms with Crippen LogP contribution >= 0.6 is 0 Å². The first kappa shape index (κ1) is 9.78. The van der Waals surface area contributed by atoms with Gasteiger partial charge in [0.1, 0.15) is 11.4 Å². The van der Waals surface area contributed by atoms with E-state index in [0.717, 1.165) is 37.4 Å². The highest BCUT2D eigenvalue weighted by Gasteiger charge is 2.33. The van der Waals surface area contributed by atoms with Crippen molar-refractivity contribution in [3.05, 3.63) is 24.2 Å². The molecule has 0 radical (unpaired) electrons. The van der Waals surface area contributed by atoms with Crippen LogP contribution in [0.1, 0.15) is 44.8 Å². The fraction of sp³-hybridized carbons (Fsp3) is 0.667. The molecule has 2 atom stereocenters. The molecular weight excluding hydrogens is 176 g/mol. The molecule has 14 heavy (non-hydrogen) atoms. The predicted octanol–water partition coefficient (Wildman–Crippen LogP) is 3.07. The third-order valence-corrected chi connectivity index (χ3v) is 3.32. The van der Waals surface area contributed by atoms with Gasteiger partial charge in [0.25, 0.3) is 0 Å². The zero-order valence-electron chi connectivity index (χ0n) is 8.70. The highest BCUT2D eigenvalue weighted by molar-refractivity contribution is 5.09. The smallest absolute Gasteiger partial charge is 0.135 e. The van der Waals surface area contributed by atoms with Gasteiger partial charge in [0, 0.05) is 0 Å². The Balaban J connectivity index is 2.15. The summed E-state index contributed by atoms with van der Waals surface area (Å²) < 4.78 is 5.32. The summed E-state index contributed by atoms with van der Waals surface area (Å²) in [6, 6.07) is 3.73. The van der Waals surface area contributed by atoms with Crippen molar-refractivity contribution in [2.45, 2.75) is 44.6 Å². The van der Waals surface area contributed by atoms with Crippen molar-refractivity contribution in [1.29, 1.82) is 0 Å². The normalized spacial score (nSPS) is 34.0. The van der Waals surface area contributed by atoms with Gasteiger partial charge in [0.05, 0.1) is 6.26 Å². The molecule has 0 spiro atoms. The van der Waals surface area contributed by atoms with E-state index in [0.29, 0.717) is 0 Å². The third-order valence-electron chi connectivity index (χ3n) is 3.32. The molecule has 2 heteroatoms. The maximum atomic E-state index is 10.4. The lowest BCUT2D eigenvalue weighted by atomic mass is 9.91. The Morgan fingerprint density at radius 3 is 3.00 bits per heavy atom. The first-order valence-corrected chi connectivity index (χ1v) is 5.47. The molecular formula is C12H18O2. The van der Waals surface area contributed by atoms with Crippen LogP contribution in [-0.2, 0) is 5.60 Å². The lowest BCUT2D eigenvalue weighted by molar-refractivity contribution is -0.00101. The topological polar surface area (TPSA) is 33.4 Å². The van der Waals surface area contributed by atoms with Crippen LogP contribution in [0.4, 0.5) is 0 Å².